The van der Waals surface area contributed by atoms with Gasteiger partial charge in [-0.1, -0.05) is 17.7 Å². The smallest absolute Gasteiger partial charge is 0.0546 e. The van der Waals surface area contributed by atoms with Crippen molar-refractivity contribution in [3.63, 3.8) is 0 Å². The summed E-state index contributed by atoms with van der Waals surface area (Å²) < 4.78 is 0. The van der Waals surface area contributed by atoms with E-state index in [0.29, 0.717) is 5.92 Å². The second-order valence-electron chi connectivity index (χ2n) is 3.57. The molecule has 1 saturated carbocycles. The van der Waals surface area contributed by atoms with Gasteiger partial charge in [0.2, 0.25) is 0 Å². The number of aliphatic hydroxyl groups excluding tert-OH is 1. The second-order valence-corrected chi connectivity index (χ2v) is 3.83. The minimum absolute atomic E-state index is 0.0352. The monoisotopic (exact) mass is 189 g/mol. The summed E-state index contributed by atoms with van der Waals surface area (Å²) >= 11 is 5.41. The zero-order valence-electron chi connectivity index (χ0n) is 7.41. The first-order valence-corrected chi connectivity index (χ1v) is 4.78. The van der Waals surface area contributed by atoms with Gasteiger partial charge in [0, 0.05) is 18.6 Å². The van der Waals surface area contributed by atoms with Gasteiger partial charge in [-0.3, -0.25) is 0 Å². The highest BCUT2D eigenvalue weighted by molar-refractivity contribution is 6.25. The summed E-state index contributed by atoms with van der Waals surface area (Å²) in [6.07, 6.45) is 3.83. The molecule has 0 amide bonds. The third-order valence-corrected chi connectivity index (χ3v) is 2.47. The Hall–Kier alpha value is -0.0500. The summed E-state index contributed by atoms with van der Waals surface area (Å²) in [6.45, 7) is 1.97. The standard InChI is InChI=1S/C9H16ClNO/c1-11(4-2-3-10)7-8-5-9(12)6-8/h2-3,8-9,12H,4-7H2,1H3. The molecule has 0 aromatic carbocycles. The van der Waals surface area contributed by atoms with Crippen LogP contribution in [0.3, 0.4) is 0 Å². The average molecular weight is 190 g/mol. The van der Waals surface area contributed by atoms with Gasteiger partial charge in [0.05, 0.1) is 6.10 Å². The molecule has 0 aromatic rings. The minimum Gasteiger partial charge on any atom is -0.393 e. The Bertz CT molecular complexity index is 155. The van der Waals surface area contributed by atoms with Gasteiger partial charge >= 0.3 is 0 Å². The van der Waals surface area contributed by atoms with E-state index in [9.17, 15) is 0 Å². The predicted molar refractivity (Wildman–Crippen MR) is 51.2 cm³/mol. The molecule has 0 aromatic heterocycles. The molecule has 0 bridgehead atoms. The van der Waals surface area contributed by atoms with E-state index < -0.39 is 0 Å². The molecule has 1 aliphatic carbocycles. The maximum atomic E-state index is 9.05. The van der Waals surface area contributed by atoms with Gasteiger partial charge in [-0.05, 0) is 25.8 Å². The van der Waals surface area contributed by atoms with Crippen LogP contribution in [0.4, 0.5) is 0 Å². The van der Waals surface area contributed by atoms with Crippen LogP contribution in [0, 0.1) is 5.92 Å². The van der Waals surface area contributed by atoms with Crippen molar-refractivity contribution in [2.45, 2.75) is 18.9 Å². The molecule has 1 N–H and O–H groups in total. The molecular weight excluding hydrogens is 174 g/mol. The molecule has 0 saturated heterocycles. The Labute approximate surface area is 78.8 Å². The Morgan fingerprint density at radius 2 is 2.25 bits per heavy atom. The number of hydrogen-bond acceptors (Lipinski definition) is 2. The van der Waals surface area contributed by atoms with E-state index in [0.717, 1.165) is 25.9 Å². The molecule has 12 heavy (non-hydrogen) atoms. The molecule has 1 fully saturated rings. The fourth-order valence-electron chi connectivity index (χ4n) is 1.58. The van der Waals surface area contributed by atoms with Crippen LogP contribution in [0.25, 0.3) is 0 Å². The molecule has 1 aliphatic rings. The predicted octanol–water partition coefficient (Wildman–Crippen LogP) is 1.44. The summed E-state index contributed by atoms with van der Waals surface area (Å²) in [4.78, 5) is 2.22. The Balaban J connectivity index is 2.06. The zero-order chi connectivity index (χ0) is 8.97. The van der Waals surface area contributed by atoms with Gasteiger partial charge in [0.25, 0.3) is 0 Å². The quantitative estimate of drug-likeness (QED) is 0.724. The lowest BCUT2D eigenvalue weighted by Crippen LogP contribution is -2.37. The third-order valence-electron chi connectivity index (χ3n) is 2.29. The van der Waals surface area contributed by atoms with Crippen molar-refractivity contribution in [3.05, 3.63) is 11.6 Å². The van der Waals surface area contributed by atoms with Gasteiger partial charge in [0.15, 0.2) is 0 Å². The molecule has 70 valence electrons. The van der Waals surface area contributed by atoms with E-state index in [1.165, 1.54) is 0 Å². The largest absolute Gasteiger partial charge is 0.393 e. The van der Waals surface area contributed by atoms with Crippen LogP contribution in [-0.2, 0) is 0 Å². The lowest BCUT2D eigenvalue weighted by molar-refractivity contribution is 0.0298. The number of hydrogen-bond donors (Lipinski definition) is 1. The van der Waals surface area contributed by atoms with Crippen molar-refractivity contribution in [1.82, 2.24) is 4.90 Å². The summed E-state index contributed by atoms with van der Waals surface area (Å²) in [7, 11) is 2.07. The molecule has 0 heterocycles. The maximum Gasteiger partial charge on any atom is 0.0546 e. The van der Waals surface area contributed by atoms with Crippen molar-refractivity contribution in [2.75, 3.05) is 20.1 Å². The van der Waals surface area contributed by atoms with Crippen LogP contribution in [0.1, 0.15) is 12.8 Å². The van der Waals surface area contributed by atoms with Crippen molar-refractivity contribution in [2.24, 2.45) is 5.92 Å². The Morgan fingerprint density at radius 3 is 2.75 bits per heavy atom. The highest BCUT2D eigenvalue weighted by Crippen LogP contribution is 2.27. The fourth-order valence-corrected chi connectivity index (χ4v) is 1.66. The van der Waals surface area contributed by atoms with Crippen LogP contribution in [0.5, 0.6) is 0 Å². The van der Waals surface area contributed by atoms with Crippen molar-refractivity contribution in [3.8, 4) is 0 Å². The van der Waals surface area contributed by atoms with E-state index in [2.05, 4.69) is 11.9 Å². The molecule has 1 rings (SSSR count). The van der Waals surface area contributed by atoms with Gasteiger partial charge in [-0.15, -0.1) is 0 Å². The normalized spacial score (nSPS) is 29.7. The van der Waals surface area contributed by atoms with E-state index in [4.69, 9.17) is 16.7 Å². The van der Waals surface area contributed by atoms with Gasteiger partial charge in [0.1, 0.15) is 0 Å². The van der Waals surface area contributed by atoms with Crippen LogP contribution >= 0.6 is 11.6 Å². The van der Waals surface area contributed by atoms with Crippen molar-refractivity contribution < 1.29 is 5.11 Å². The van der Waals surface area contributed by atoms with Gasteiger partial charge in [-0.2, -0.15) is 0 Å². The van der Waals surface area contributed by atoms with Crippen LogP contribution in [0.15, 0.2) is 11.6 Å². The van der Waals surface area contributed by atoms with Gasteiger partial charge < -0.3 is 10.0 Å². The minimum atomic E-state index is -0.0352. The van der Waals surface area contributed by atoms with Crippen molar-refractivity contribution in [1.29, 1.82) is 0 Å². The third kappa shape index (κ3) is 3.13. The van der Waals surface area contributed by atoms with Crippen molar-refractivity contribution >= 4 is 11.6 Å². The van der Waals surface area contributed by atoms with E-state index in [1.807, 2.05) is 6.08 Å². The first-order valence-electron chi connectivity index (χ1n) is 4.34. The number of rotatable bonds is 4. The number of nitrogens with zero attached hydrogens (tertiary/aromatic N) is 1. The highest BCUT2D eigenvalue weighted by atomic mass is 35.5. The Morgan fingerprint density at radius 1 is 1.58 bits per heavy atom. The first-order chi connectivity index (χ1) is 5.72. The molecule has 0 aliphatic heterocycles. The van der Waals surface area contributed by atoms with Gasteiger partial charge in [-0.25, -0.2) is 0 Å². The van der Waals surface area contributed by atoms with Crippen LogP contribution in [0.2, 0.25) is 0 Å². The SMILES string of the molecule is CN(CC=CCl)CC1CC(O)C1. The molecule has 2 nitrogen and oxygen atoms in total. The summed E-state index contributed by atoms with van der Waals surface area (Å²) in [6, 6.07) is 0. The number of aliphatic hydroxyl groups is 1. The number of likely N-dealkylation sites (N-methyl/N-ethyl adjacent to an activating group) is 1. The summed E-state index contributed by atoms with van der Waals surface area (Å²) in [5, 5.41) is 9.05. The lowest BCUT2D eigenvalue weighted by atomic mass is 9.82. The average Bonchev–Trinajstić information content (AvgIpc) is 1.98. The van der Waals surface area contributed by atoms with E-state index in [-0.39, 0.29) is 6.10 Å². The Kier molecular flexibility index (Phi) is 4.06. The second kappa shape index (κ2) is 4.85. The first kappa shape index (κ1) is 10.0. The van der Waals surface area contributed by atoms with Crippen LogP contribution in [-0.4, -0.2) is 36.2 Å². The van der Waals surface area contributed by atoms with E-state index in [1.54, 1.807) is 5.54 Å². The highest BCUT2D eigenvalue weighted by Gasteiger charge is 2.27. The van der Waals surface area contributed by atoms with Crippen LogP contribution < -0.4 is 0 Å². The molecule has 0 unspecified atom stereocenters. The topological polar surface area (TPSA) is 23.5 Å². The zero-order valence-corrected chi connectivity index (χ0v) is 8.17. The van der Waals surface area contributed by atoms with E-state index >= 15 is 0 Å². The molecule has 0 atom stereocenters. The number of halogens is 1. The molecule has 0 spiro atoms. The fraction of sp³-hybridized carbons (Fsp3) is 0.778. The summed E-state index contributed by atoms with van der Waals surface area (Å²) in [5.41, 5.74) is 1.55. The molecule has 3 heteroatoms. The molecular formula is C9H16ClNO. The lowest BCUT2D eigenvalue weighted by Gasteiger charge is -2.34. The summed E-state index contributed by atoms with van der Waals surface area (Å²) in [5.74, 6) is 0.689. The molecule has 0 radical (unpaired) electrons. The maximum absolute atomic E-state index is 9.05.